The van der Waals surface area contributed by atoms with Crippen LogP contribution in [0.1, 0.15) is 0 Å². The van der Waals surface area contributed by atoms with E-state index in [0.29, 0.717) is 0 Å². The third kappa shape index (κ3) is 1.75. The summed E-state index contributed by atoms with van der Waals surface area (Å²) in [5.74, 6) is 4.59. The van der Waals surface area contributed by atoms with Crippen LogP contribution in [0.25, 0.3) is 0 Å². The van der Waals surface area contributed by atoms with E-state index in [1.54, 1.807) is 0 Å². The second kappa shape index (κ2) is 3.61. The summed E-state index contributed by atoms with van der Waals surface area (Å²) in [6.45, 7) is 0. The zero-order valence-corrected chi connectivity index (χ0v) is 8.42. The summed E-state index contributed by atoms with van der Waals surface area (Å²) in [6.07, 6.45) is 2.24. The van der Waals surface area contributed by atoms with Gasteiger partial charge in [-0.05, 0) is 12.1 Å². The maximum absolute atomic E-state index is 11.3. The molecule has 1 aromatic heterocycles. The highest BCUT2D eigenvalue weighted by molar-refractivity contribution is 8.66. The summed E-state index contributed by atoms with van der Waals surface area (Å²) in [4.78, 5) is 4.29. The minimum Gasteiger partial charge on any atom is -0.263 e. The minimum absolute atomic E-state index is 0.432. The van der Waals surface area contributed by atoms with Crippen LogP contribution in [0, 0.1) is 0 Å². The molecule has 0 aliphatic heterocycles. The Morgan fingerprint density at radius 1 is 1.29 bits per heavy atom. The second-order valence-corrected chi connectivity index (χ2v) is 7.37. The lowest BCUT2D eigenvalue weighted by Gasteiger charge is -2.02. The van der Waals surface area contributed by atoms with Crippen molar-refractivity contribution in [2.75, 3.05) is 0 Å². The Labute approximate surface area is 80.3 Å². The standard InChI is InChI=1S/C5H7N3O4S2/c6-8-14(11,12)13(9,10)5-2-1-3-7-4-5/h1-4,8H,6H2. The van der Waals surface area contributed by atoms with Gasteiger partial charge in [0.25, 0.3) is 8.87 Å². The van der Waals surface area contributed by atoms with Gasteiger partial charge in [-0.1, -0.05) is 0 Å². The first kappa shape index (κ1) is 11.0. The van der Waals surface area contributed by atoms with Crippen LogP contribution in [0.2, 0.25) is 0 Å². The topological polar surface area (TPSA) is 119 Å². The molecule has 0 amide bonds. The van der Waals surface area contributed by atoms with Crippen molar-refractivity contribution >= 4 is 17.9 Å². The van der Waals surface area contributed by atoms with Gasteiger partial charge < -0.3 is 0 Å². The molecule has 0 saturated carbocycles. The molecule has 1 rings (SSSR count). The van der Waals surface area contributed by atoms with Crippen LogP contribution in [-0.2, 0) is 17.9 Å². The number of nitrogens with two attached hydrogens (primary N) is 1. The van der Waals surface area contributed by atoms with Crippen LogP contribution in [0.4, 0.5) is 0 Å². The van der Waals surface area contributed by atoms with Crippen molar-refractivity contribution in [1.82, 2.24) is 9.82 Å². The van der Waals surface area contributed by atoms with Crippen LogP contribution in [-0.4, -0.2) is 21.8 Å². The third-order valence-electron chi connectivity index (χ3n) is 1.36. The monoisotopic (exact) mass is 237 g/mol. The lowest BCUT2D eigenvalue weighted by molar-refractivity contribution is 0.575. The molecule has 3 N–H and O–H groups in total. The van der Waals surface area contributed by atoms with E-state index < -0.39 is 22.8 Å². The Morgan fingerprint density at radius 2 is 1.93 bits per heavy atom. The van der Waals surface area contributed by atoms with E-state index in [-0.39, 0.29) is 0 Å². The molecule has 1 aromatic rings. The van der Waals surface area contributed by atoms with Gasteiger partial charge in [0.15, 0.2) is 0 Å². The maximum atomic E-state index is 11.3. The number of aromatic nitrogens is 1. The van der Waals surface area contributed by atoms with Gasteiger partial charge in [0.1, 0.15) is 4.90 Å². The first-order chi connectivity index (χ1) is 6.42. The number of nitrogens with zero attached hydrogens (tertiary/aromatic N) is 1. The van der Waals surface area contributed by atoms with Crippen LogP contribution < -0.4 is 10.7 Å². The molecule has 7 nitrogen and oxygen atoms in total. The van der Waals surface area contributed by atoms with E-state index in [1.165, 1.54) is 17.1 Å². The van der Waals surface area contributed by atoms with Crippen molar-refractivity contribution in [2.24, 2.45) is 5.84 Å². The Balaban J connectivity index is 3.39. The molecule has 0 saturated heterocycles. The highest BCUT2D eigenvalue weighted by Gasteiger charge is 2.30. The van der Waals surface area contributed by atoms with Crippen LogP contribution >= 0.6 is 0 Å². The fourth-order valence-electron chi connectivity index (χ4n) is 0.685. The fraction of sp³-hybridized carbons (Fsp3) is 0. The van der Waals surface area contributed by atoms with Crippen molar-refractivity contribution in [3.05, 3.63) is 24.5 Å². The number of nitrogens with one attached hydrogen (secondary N) is 1. The Bertz CT molecular complexity index is 507. The highest BCUT2D eigenvalue weighted by Crippen LogP contribution is 2.13. The minimum atomic E-state index is -4.59. The summed E-state index contributed by atoms with van der Waals surface area (Å²) < 4.78 is 44.6. The molecule has 0 bridgehead atoms. The normalized spacial score (nSPS) is 12.6. The van der Waals surface area contributed by atoms with Gasteiger partial charge >= 0.3 is 9.06 Å². The van der Waals surface area contributed by atoms with Crippen molar-refractivity contribution < 1.29 is 16.8 Å². The zero-order chi connectivity index (χ0) is 10.8. The van der Waals surface area contributed by atoms with Gasteiger partial charge in [0, 0.05) is 12.4 Å². The second-order valence-electron chi connectivity index (χ2n) is 2.21. The van der Waals surface area contributed by atoms with Crippen molar-refractivity contribution in [2.45, 2.75) is 4.90 Å². The molecule has 0 aliphatic carbocycles. The van der Waals surface area contributed by atoms with E-state index in [0.717, 1.165) is 12.3 Å². The smallest absolute Gasteiger partial charge is 0.263 e. The summed E-state index contributed by atoms with van der Waals surface area (Å²) in [7, 11) is -9.11. The number of pyridine rings is 1. The number of hydrogen-bond acceptors (Lipinski definition) is 6. The first-order valence-corrected chi connectivity index (χ1v) is 6.77. The fourth-order valence-corrected chi connectivity index (χ4v) is 2.94. The van der Waals surface area contributed by atoms with Gasteiger partial charge in [-0.3, -0.25) is 10.8 Å². The third-order valence-corrected chi connectivity index (χ3v) is 5.64. The molecule has 14 heavy (non-hydrogen) atoms. The average molecular weight is 237 g/mol. The van der Waals surface area contributed by atoms with Gasteiger partial charge in [-0.2, -0.15) is 8.42 Å². The number of rotatable bonds is 3. The molecular weight excluding hydrogens is 230 g/mol. The Morgan fingerprint density at radius 3 is 2.36 bits per heavy atom. The average Bonchev–Trinajstić information content (AvgIpc) is 2.19. The molecular formula is C5H7N3O4S2. The van der Waals surface area contributed by atoms with E-state index in [9.17, 15) is 16.8 Å². The van der Waals surface area contributed by atoms with Crippen LogP contribution in [0.15, 0.2) is 29.4 Å². The number of hydrazine groups is 1. The lowest BCUT2D eigenvalue weighted by atomic mass is 10.5. The molecule has 1 heterocycles. The van der Waals surface area contributed by atoms with Crippen molar-refractivity contribution in [1.29, 1.82) is 0 Å². The van der Waals surface area contributed by atoms with Gasteiger partial charge in [-0.25, -0.2) is 8.42 Å². The van der Waals surface area contributed by atoms with Crippen LogP contribution in [0.5, 0.6) is 0 Å². The first-order valence-electron chi connectivity index (χ1n) is 3.29. The summed E-state index contributed by atoms with van der Waals surface area (Å²) in [5, 5.41) is 0. The predicted molar refractivity (Wildman–Crippen MR) is 47.7 cm³/mol. The quantitative estimate of drug-likeness (QED) is 0.377. The Hall–Kier alpha value is -1.03. The zero-order valence-electron chi connectivity index (χ0n) is 6.78. The largest absolute Gasteiger partial charge is 0.334 e. The van der Waals surface area contributed by atoms with Crippen molar-refractivity contribution in [3.63, 3.8) is 0 Å². The molecule has 0 fully saturated rings. The highest BCUT2D eigenvalue weighted by atomic mass is 33.2. The Kier molecular flexibility index (Phi) is 2.85. The van der Waals surface area contributed by atoms with E-state index >= 15 is 0 Å². The molecule has 0 atom stereocenters. The molecule has 0 unspecified atom stereocenters. The molecule has 0 aromatic carbocycles. The molecule has 0 aliphatic rings. The number of hydrogen-bond donors (Lipinski definition) is 2. The van der Waals surface area contributed by atoms with E-state index in [2.05, 4.69) is 10.8 Å². The van der Waals surface area contributed by atoms with Crippen LogP contribution in [0.3, 0.4) is 0 Å². The SMILES string of the molecule is NNS(=O)(=O)S(=O)(=O)c1cccnc1. The summed E-state index contributed by atoms with van der Waals surface area (Å²) >= 11 is 0. The lowest BCUT2D eigenvalue weighted by Crippen LogP contribution is -2.36. The molecule has 0 spiro atoms. The van der Waals surface area contributed by atoms with Crippen molar-refractivity contribution in [3.8, 4) is 0 Å². The van der Waals surface area contributed by atoms with Gasteiger partial charge in [0.2, 0.25) is 0 Å². The molecule has 0 radical (unpaired) electrons. The predicted octanol–water partition coefficient (Wildman–Crippen LogP) is -1.44. The van der Waals surface area contributed by atoms with Gasteiger partial charge in [-0.15, -0.1) is 4.83 Å². The van der Waals surface area contributed by atoms with E-state index in [4.69, 9.17) is 0 Å². The molecule has 78 valence electrons. The van der Waals surface area contributed by atoms with Gasteiger partial charge in [0.05, 0.1) is 0 Å². The summed E-state index contributed by atoms with van der Waals surface area (Å²) in [5.41, 5.74) is 0. The summed E-state index contributed by atoms with van der Waals surface area (Å²) in [6, 6.07) is 2.41. The van der Waals surface area contributed by atoms with E-state index in [1.807, 2.05) is 0 Å². The maximum Gasteiger partial charge on any atom is 0.334 e. The molecule has 9 heteroatoms.